The third-order valence-corrected chi connectivity index (χ3v) is 5.40. The molecular weight excluding hydrogens is 322 g/mol. The molecule has 1 aliphatic carbocycles. The maximum absolute atomic E-state index is 5.49. The van der Waals surface area contributed by atoms with E-state index in [-0.39, 0.29) is 0 Å². The van der Waals surface area contributed by atoms with Crippen LogP contribution in [-0.4, -0.2) is 32.8 Å². The maximum Gasteiger partial charge on any atom is 0.229 e. The molecular formula is C17H21N5OS. The number of hydrogen-bond donors (Lipinski definition) is 3. The quantitative estimate of drug-likeness (QED) is 0.447. The fourth-order valence-electron chi connectivity index (χ4n) is 3.00. The summed E-state index contributed by atoms with van der Waals surface area (Å²) < 4.78 is 9.03. The van der Waals surface area contributed by atoms with Crippen LogP contribution < -0.4 is 10.0 Å². The van der Waals surface area contributed by atoms with Crippen LogP contribution >= 0.6 is 11.9 Å². The van der Waals surface area contributed by atoms with E-state index in [0.717, 1.165) is 40.9 Å². The van der Waals surface area contributed by atoms with Gasteiger partial charge in [-0.2, -0.15) is 0 Å². The Morgan fingerprint density at radius 3 is 3.04 bits per heavy atom. The SMILES string of the molecule is CCCSN[C@H]1C[C@@H](Nc2c(-c3ncco3)cnc3[nH]ccc23)C1. The maximum atomic E-state index is 5.49. The molecule has 3 N–H and O–H groups in total. The number of H-pyrrole nitrogens is 1. The summed E-state index contributed by atoms with van der Waals surface area (Å²) in [6.07, 6.45) is 10.4. The average Bonchev–Trinajstić information content (AvgIpc) is 3.23. The van der Waals surface area contributed by atoms with Crippen LogP contribution in [0.3, 0.4) is 0 Å². The number of nitrogens with zero attached hydrogens (tertiary/aromatic N) is 2. The minimum absolute atomic E-state index is 0.457. The molecule has 3 heterocycles. The zero-order valence-electron chi connectivity index (χ0n) is 13.6. The van der Waals surface area contributed by atoms with Gasteiger partial charge in [-0.15, -0.1) is 0 Å². The van der Waals surface area contributed by atoms with Crippen molar-refractivity contribution in [3.05, 3.63) is 30.9 Å². The van der Waals surface area contributed by atoms with Crippen molar-refractivity contribution in [1.29, 1.82) is 0 Å². The number of hydrogen-bond acceptors (Lipinski definition) is 6. The van der Waals surface area contributed by atoms with E-state index >= 15 is 0 Å². The summed E-state index contributed by atoms with van der Waals surface area (Å²) in [4.78, 5) is 11.9. The van der Waals surface area contributed by atoms with Gasteiger partial charge in [0, 0.05) is 35.6 Å². The number of anilines is 1. The first-order chi connectivity index (χ1) is 11.8. The highest BCUT2D eigenvalue weighted by molar-refractivity contribution is 7.97. The van der Waals surface area contributed by atoms with Gasteiger partial charge in [0.05, 0.1) is 17.4 Å². The number of aromatic nitrogens is 3. The molecule has 0 radical (unpaired) electrons. The fraction of sp³-hybridized carbons (Fsp3) is 0.412. The second-order valence-corrected chi connectivity index (χ2v) is 7.03. The highest BCUT2D eigenvalue weighted by Crippen LogP contribution is 2.35. The third kappa shape index (κ3) is 3.01. The second-order valence-electron chi connectivity index (χ2n) is 6.10. The van der Waals surface area contributed by atoms with Gasteiger partial charge < -0.3 is 14.7 Å². The van der Waals surface area contributed by atoms with Crippen molar-refractivity contribution < 1.29 is 4.42 Å². The lowest BCUT2D eigenvalue weighted by Crippen LogP contribution is -2.45. The van der Waals surface area contributed by atoms with Crippen molar-refractivity contribution in [2.45, 2.75) is 38.3 Å². The Labute approximate surface area is 145 Å². The zero-order chi connectivity index (χ0) is 16.4. The molecule has 0 saturated heterocycles. The van der Waals surface area contributed by atoms with E-state index < -0.39 is 0 Å². The Morgan fingerprint density at radius 1 is 1.33 bits per heavy atom. The van der Waals surface area contributed by atoms with Gasteiger partial charge in [0.1, 0.15) is 11.9 Å². The monoisotopic (exact) mass is 343 g/mol. The van der Waals surface area contributed by atoms with Crippen molar-refractivity contribution in [3.8, 4) is 11.5 Å². The third-order valence-electron chi connectivity index (χ3n) is 4.29. The molecule has 1 saturated carbocycles. The van der Waals surface area contributed by atoms with E-state index in [9.17, 15) is 0 Å². The Bertz CT molecular complexity index is 795. The molecule has 6 nitrogen and oxygen atoms in total. The number of aromatic amines is 1. The molecule has 0 spiro atoms. The minimum Gasteiger partial charge on any atom is -0.444 e. The van der Waals surface area contributed by atoms with Crippen LogP contribution in [-0.2, 0) is 0 Å². The Hall–Kier alpha value is -1.99. The average molecular weight is 343 g/mol. The molecule has 24 heavy (non-hydrogen) atoms. The molecule has 0 aliphatic heterocycles. The molecule has 3 aromatic heterocycles. The Balaban J connectivity index is 1.51. The van der Waals surface area contributed by atoms with E-state index in [2.05, 4.69) is 31.9 Å². The Morgan fingerprint density at radius 2 is 2.25 bits per heavy atom. The van der Waals surface area contributed by atoms with E-state index in [1.807, 2.05) is 30.4 Å². The fourth-order valence-corrected chi connectivity index (χ4v) is 3.75. The van der Waals surface area contributed by atoms with Gasteiger partial charge in [-0.25, -0.2) is 9.97 Å². The van der Waals surface area contributed by atoms with Crippen LogP contribution in [0, 0.1) is 0 Å². The summed E-state index contributed by atoms with van der Waals surface area (Å²) >= 11 is 1.83. The van der Waals surface area contributed by atoms with E-state index in [4.69, 9.17) is 4.42 Å². The van der Waals surface area contributed by atoms with Gasteiger partial charge in [0.15, 0.2) is 0 Å². The first-order valence-corrected chi connectivity index (χ1v) is 9.33. The number of nitrogens with one attached hydrogen (secondary N) is 3. The van der Waals surface area contributed by atoms with Gasteiger partial charge in [-0.3, -0.25) is 4.72 Å². The van der Waals surface area contributed by atoms with Crippen molar-refractivity contribution >= 4 is 28.7 Å². The molecule has 0 aromatic carbocycles. The largest absolute Gasteiger partial charge is 0.444 e. The topological polar surface area (TPSA) is 78.8 Å². The summed E-state index contributed by atoms with van der Waals surface area (Å²) in [6, 6.07) is 3.09. The molecule has 126 valence electrons. The zero-order valence-corrected chi connectivity index (χ0v) is 14.4. The molecule has 0 bridgehead atoms. The van der Waals surface area contributed by atoms with Gasteiger partial charge in [-0.1, -0.05) is 18.9 Å². The van der Waals surface area contributed by atoms with Crippen LogP contribution in [0.1, 0.15) is 26.2 Å². The highest BCUT2D eigenvalue weighted by Gasteiger charge is 2.30. The molecule has 1 fully saturated rings. The first kappa shape index (κ1) is 15.5. The van der Waals surface area contributed by atoms with Crippen molar-refractivity contribution in [1.82, 2.24) is 19.7 Å². The van der Waals surface area contributed by atoms with E-state index in [1.165, 1.54) is 6.42 Å². The normalized spacial score (nSPS) is 20.2. The summed E-state index contributed by atoms with van der Waals surface area (Å²) in [7, 11) is 0. The van der Waals surface area contributed by atoms with Crippen molar-refractivity contribution in [2.24, 2.45) is 0 Å². The predicted molar refractivity (Wildman–Crippen MR) is 97.9 cm³/mol. The molecule has 4 rings (SSSR count). The van der Waals surface area contributed by atoms with Gasteiger partial charge >= 0.3 is 0 Å². The summed E-state index contributed by atoms with van der Waals surface area (Å²) in [5.41, 5.74) is 2.83. The predicted octanol–water partition coefficient (Wildman–Crippen LogP) is 3.81. The highest BCUT2D eigenvalue weighted by atomic mass is 32.2. The van der Waals surface area contributed by atoms with Crippen molar-refractivity contribution in [2.75, 3.05) is 11.1 Å². The van der Waals surface area contributed by atoms with Gasteiger partial charge in [0.2, 0.25) is 5.89 Å². The van der Waals surface area contributed by atoms with Crippen LogP contribution in [0.4, 0.5) is 5.69 Å². The first-order valence-electron chi connectivity index (χ1n) is 8.35. The lowest BCUT2D eigenvalue weighted by atomic mass is 9.87. The minimum atomic E-state index is 0.457. The summed E-state index contributed by atoms with van der Waals surface area (Å²) in [6.45, 7) is 2.20. The Kier molecular flexibility index (Phi) is 4.44. The summed E-state index contributed by atoms with van der Waals surface area (Å²) in [5, 5.41) is 4.75. The number of oxazole rings is 1. The molecule has 1 aliphatic rings. The standard InChI is InChI=1S/C17H21N5OS/c1-2-7-24-22-12-8-11(9-12)21-15-13-3-4-18-16(13)20-10-14(15)17-19-5-6-23-17/h3-6,10-12,22H,2,7-9H2,1H3,(H2,18,20,21)/t11-,12+. The van der Waals surface area contributed by atoms with Crippen LogP contribution in [0.25, 0.3) is 22.5 Å². The number of fused-ring (bicyclic) bond motifs is 1. The lowest BCUT2D eigenvalue weighted by molar-refractivity contribution is 0.355. The van der Waals surface area contributed by atoms with E-state index in [0.29, 0.717) is 18.0 Å². The number of rotatable bonds is 7. The smallest absolute Gasteiger partial charge is 0.229 e. The van der Waals surface area contributed by atoms with E-state index in [1.54, 1.807) is 12.5 Å². The molecule has 0 amide bonds. The van der Waals surface area contributed by atoms with Gasteiger partial charge in [-0.05, 0) is 25.3 Å². The lowest BCUT2D eigenvalue weighted by Gasteiger charge is -2.37. The van der Waals surface area contributed by atoms with Crippen molar-refractivity contribution in [3.63, 3.8) is 0 Å². The van der Waals surface area contributed by atoms with Crippen LogP contribution in [0.15, 0.2) is 35.3 Å². The van der Waals surface area contributed by atoms with Crippen LogP contribution in [0.2, 0.25) is 0 Å². The molecule has 0 atom stereocenters. The number of pyridine rings is 1. The van der Waals surface area contributed by atoms with Crippen LogP contribution in [0.5, 0.6) is 0 Å². The second kappa shape index (κ2) is 6.86. The molecule has 3 aromatic rings. The summed E-state index contributed by atoms with van der Waals surface area (Å²) in [5.74, 6) is 1.76. The van der Waals surface area contributed by atoms with Gasteiger partial charge in [0.25, 0.3) is 0 Å². The molecule has 0 unspecified atom stereocenters. The molecule has 7 heteroatoms.